The van der Waals surface area contributed by atoms with Crippen molar-refractivity contribution in [2.24, 2.45) is 0 Å². The number of hydrogen-bond acceptors (Lipinski definition) is 5. The number of carbonyl (C=O) groups excluding carboxylic acids is 1. The first-order valence-corrected chi connectivity index (χ1v) is 11.5. The van der Waals surface area contributed by atoms with Crippen molar-refractivity contribution >= 4 is 35.1 Å². The lowest BCUT2D eigenvalue weighted by atomic mass is 10.0. The fraction of sp³-hybridized carbons (Fsp3) is 0.240. The molecular formula is C25H25ClF2N2O3S. The topological polar surface area (TPSA) is 42.0 Å². The molecule has 0 atom stereocenters. The van der Waals surface area contributed by atoms with E-state index in [1.807, 2.05) is 6.07 Å². The van der Waals surface area contributed by atoms with Gasteiger partial charge < -0.3 is 18.7 Å². The first-order chi connectivity index (χ1) is 16.2. The summed E-state index contributed by atoms with van der Waals surface area (Å²) >= 11 is 7.56. The normalized spacial score (nSPS) is 10.7. The van der Waals surface area contributed by atoms with Crippen molar-refractivity contribution in [3.63, 3.8) is 0 Å². The molecule has 0 heterocycles. The Bertz CT molecular complexity index is 1180. The monoisotopic (exact) mass is 506 g/mol. The van der Waals surface area contributed by atoms with Crippen molar-refractivity contribution in [2.45, 2.75) is 11.3 Å². The second-order valence-electron chi connectivity index (χ2n) is 7.60. The maximum Gasteiger partial charge on any atom is 0.242 e. The molecule has 5 nitrogen and oxygen atoms in total. The molecule has 0 unspecified atom stereocenters. The molecule has 0 radical (unpaired) electrons. The van der Waals surface area contributed by atoms with Crippen molar-refractivity contribution in [3.05, 3.63) is 82.4 Å². The number of ether oxygens (including phenoxy) is 2. The van der Waals surface area contributed by atoms with E-state index in [2.05, 4.69) is 0 Å². The van der Waals surface area contributed by atoms with E-state index >= 15 is 0 Å². The molecule has 0 bridgehead atoms. The van der Waals surface area contributed by atoms with Gasteiger partial charge in [0.05, 0.1) is 19.9 Å². The fourth-order valence-electron chi connectivity index (χ4n) is 3.26. The predicted molar refractivity (Wildman–Crippen MR) is 132 cm³/mol. The van der Waals surface area contributed by atoms with Crippen molar-refractivity contribution in [2.75, 3.05) is 39.2 Å². The molecule has 0 saturated carbocycles. The lowest BCUT2D eigenvalue weighted by Gasteiger charge is -2.27. The number of nitrogens with zero attached hydrogens (tertiary/aromatic N) is 2. The van der Waals surface area contributed by atoms with Gasteiger partial charge in [0.1, 0.15) is 6.54 Å². The van der Waals surface area contributed by atoms with Gasteiger partial charge >= 0.3 is 0 Å². The SMILES string of the molecule is COc1ccc(SN(CC(=O)N(C)C)c2ccc(Cl)cc2Cc2cccc(F)c2F)cc1OC. The summed E-state index contributed by atoms with van der Waals surface area (Å²) in [6.07, 6.45) is 0.0959. The van der Waals surface area contributed by atoms with Gasteiger partial charge in [-0.2, -0.15) is 0 Å². The summed E-state index contributed by atoms with van der Waals surface area (Å²) in [4.78, 5) is 14.9. The highest BCUT2D eigenvalue weighted by molar-refractivity contribution is 8.00. The van der Waals surface area contributed by atoms with Gasteiger partial charge in [-0.25, -0.2) is 8.78 Å². The zero-order valence-electron chi connectivity index (χ0n) is 19.3. The Morgan fingerprint density at radius 3 is 2.38 bits per heavy atom. The minimum Gasteiger partial charge on any atom is -0.493 e. The Kier molecular flexibility index (Phi) is 8.63. The van der Waals surface area contributed by atoms with Crippen LogP contribution in [-0.4, -0.2) is 45.7 Å². The number of rotatable bonds is 9. The van der Waals surface area contributed by atoms with Crippen LogP contribution in [0, 0.1) is 11.6 Å². The largest absolute Gasteiger partial charge is 0.493 e. The Balaban J connectivity index is 2.04. The van der Waals surface area contributed by atoms with Crippen molar-refractivity contribution in [3.8, 4) is 11.5 Å². The highest BCUT2D eigenvalue weighted by atomic mass is 35.5. The summed E-state index contributed by atoms with van der Waals surface area (Å²) in [5.74, 6) is -0.829. The number of carbonyl (C=O) groups is 1. The molecule has 1 amide bonds. The molecule has 0 N–H and O–H groups in total. The van der Waals surface area contributed by atoms with Crippen molar-refractivity contribution in [1.82, 2.24) is 4.90 Å². The number of methoxy groups -OCH3 is 2. The van der Waals surface area contributed by atoms with Crippen LogP contribution in [0.25, 0.3) is 0 Å². The average molecular weight is 507 g/mol. The summed E-state index contributed by atoms with van der Waals surface area (Å²) in [5, 5.41) is 0.450. The number of halogens is 3. The smallest absolute Gasteiger partial charge is 0.242 e. The third-order valence-electron chi connectivity index (χ3n) is 5.07. The molecule has 34 heavy (non-hydrogen) atoms. The van der Waals surface area contributed by atoms with E-state index in [0.717, 1.165) is 11.0 Å². The Labute approximate surface area is 207 Å². The Hall–Kier alpha value is -2.97. The van der Waals surface area contributed by atoms with E-state index in [1.165, 1.54) is 29.0 Å². The van der Waals surface area contributed by atoms with Gasteiger partial charge in [0.25, 0.3) is 0 Å². The number of likely N-dealkylation sites (N-methyl/N-ethyl adjacent to an activating group) is 1. The van der Waals surface area contributed by atoms with Crippen LogP contribution < -0.4 is 13.8 Å². The molecule has 0 aliphatic carbocycles. The van der Waals surface area contributed by atoms with Crippen LogP contribution in [0.3, 0.4) is 0 Å². The molecule has 9 heteroatoms. The van der Waals surface area contributed by atoms with Gasteiger partial charge in [0.2, 0.25) is 5.91 Å². The van der Waals surface area contributed by atoms with Crippen LogP contribution in [0.2, 0.25) is 5.02 Å². The second-order valence-corrected chi connectivity index (χ2v) is 9.13. The number of hydrogen-bond donors (Lipinski definition) is 0. The van der Waals surface area contributed by atoms with Crippen LogP contribution >= 0.6 is 23.5 Å². The number of amides is 1. The number of anilines is 1. The molecule has 0 spiro atoms. The van der Waals surface area contributed by atoms with Crippen LogP contribution in [-0.2, 0) is 11.2 Å². The maximum absolute atomic E-state index is 14.4. The highest BCUT2D eigenvalue weighted by Gasteiger charge is 2.20. The minimum atomic E-state index is -0.916. The average Bonchev–Trinajstić information content (AvgIpc) is 2.81. The van der Waals surface area contributed by atoms with E-state index in [4.69, 9.17) is 21.1 Å². The number of benzene rings is 3. The van der Waals surface area contributed by atoms with E-state index < -0.39 is 11.6 Å². The summed E-state index contributed by atoms with van der Waals surface area (Å²) in [7, 11) is 6.45. The zero-order chi connectivity index (χ0) is 24.8. The van der Waals surface area contributed by atoms with E-state index in [-0.39, 0.29) is 24.4 Å². The molecular weight excluding hydrogens is 482 g/mol. The van der Waals surface area contributed by atoms with E-state index in [0.29, 0.717) is 27.8 Å². The molecule has 0 aliphatic rings. The van der Waals surface area contributed by atoms with Crippen LogP contribution in [0.4, 0.5) is 14.5 Å². The zero-order valence-corrected chi connectivity index (χ0v) is 20.8. The lowest BCUT2D eigenvalue weighted by Crippen LogP contribution is -2.33. The molecule has 3 aromatic rings. The van der Waals surface area contributed by atoms with Gasteiger partial charge in [0, 0.05) is 30.4 Å². The molecule has 0 fully saturated rings. The van der Waals surface area contributed by atoms with Crippen LogP contribution in [0.1, 0.15) is 11.1 Å². The first-order valence-electron chi connectivity index (χ1n) is 10.3. The Morgan fingerprint density at radius 2 is 1.71 bits per heavy atom. The fourth-order valence-corrected chi connectivity index (χ4v) is 4.45. The summed E-state index contributed by atoms with van der Waals surface area (Å²) in [5.41, 5.74) is 1.50. The summed E-state index contributed by atoms with van der Waals surface area (Å²) in [6, 6.07) is 14.7. The molecule has 3 rings (SSSR count). The van der Waals surface area contributed by atoms with Gasteiger partial charge in [-0.05, 0) is 65.5 Å². The van der Waals surface area contributed by atoms with E-state index in [1.54, 1.807) is 63.0 Å². The van der Waals surface area contributed by atoms with E-state index in [9.17, 15) is 13.6 Å². The third-order valence-corrected chi connectivity index (χ3v) is 6.32. The third kappa shape index (κ3) is 6.12. The van der Waals surface area contributed by atoms with Gasteiger partial charge in [-0.15, -0.1) is 0 Å². The van der Waals surface area contributed by atoms with Crippen LogP contribution in [0.15, 0.2) is 59.5 Å². The van der Waals surface area contributed by atoms with Gasteiger partial charge in [-0.1, -0.05) is 23.7 Å². The van der Waals surface area contributed by atoms with Crippen molar-refractivity contribution in [1.29, 1.82) is 0 Å². The molecule has 0 aromatic heterocycles. The van der Waals surface area contributed by atoms with Gasteiger partial charge in [-0.3, -0.25) is 4.79 Å². The van der Waals surface area contributed by atoms with Crippen LogP contribution in [0.5, 0.6) is 11.5 Å². The molecule has 3 aromatic carbocycles. The molecule has 0 aliphatic heterocycles. The lowest BCUT2D eigenvalue weighted by molar-refractivity contribution is -0.127. The van der Waals surface area contributed by atoms with Gasteiger partial charge in [0.15, 0.2) is 23.1 Å². The summed E-state index contributed by atoms with van der Waals surface area (Å²) in [6.45, 7) is 0.0340. The first kappa shape index (κ1) is 25.6. The highest BCUT2D eigenvalue weighted by Crippen LogP contribution is 2.38. The summed E-state index contributed by atoms with van der Waals surface area (Å²) < 4.78 is 40.7. The minimum absolute atomic E-state index is 0.0340. The molecule has 180 valence electrons. The van der Waals surface area contributed by atoms with Crippen molar-refractivity contribution < 1.29 is 23.0 Å². The molecule has 0 saturated heterocycles. The maximum atomic E-state index is 14.4. The second kappa shape index (κ2) is 11.4. The standard InChI is InChI=1S/C25H25ClF2N2O3S/c1-29(2)24(31)15-30(34-19-9-11-22(32-3)23(14-19)33-4)21-10-8-18(26)13-17(21)12-16-6-5-7-20(27)25(16)28/h5-11,13-14H,12,15H2,1-4H3. The quantitative estimate of drug-likeness (QED) is 0.342. The Morgan fingerprint density at radius 1 is 0.971 bits per heavy atom. The predicted octanol–water partition coefficient (Wildman–Crippen LogP) is 5.83.